The normalized spacial score (nSPS) is 13.8. The van der Waals surface area contributed by atoms with Crippen molar-refractivity contribution in [2.45, 2.75) is 32.4 Å². The molecule has 0 saturated heterocycles. The summed E-state index contributed by atoms with van der Waals surface area (Å²) < 4.78 is 1.99. The lowest BCUT2D eigenvalue weighted by Gasteiger charge is -2.25. The molecule has 3 rings (SSSR count). The van der Waals surface area contributed by atoms with E-state index < -0.39 is 0 Å². The van der Waals surface area contributed by atoms with Crippen molar-refractivity contribution in [2.75, 3.05) is 12.0 Å². The molecule has 26 heavy (non-hydrogen) atoms. The number of rotatable bonds is 8. The highest BCUT2D eigenvalue weighted by molar-refractivity contribution is 7.98. The molecule has 1 amide bonds. The fourth-order valence-corrected chi connectivity index (χ4v) is 3.58. The Kier molecular flexibility index (Phi) is 6.04. The number of hydrogen-bond donors (Lipinski definition) is 2. The summed E-state index contributed by atoms with van der Waals surface area (Å²) in [6, 6.07) is 11.5. The topological polar surface area (TPSA) is 62.7 Å². The highest BCUT2D eigenvalue weighted by Gasteiger charge is 2.26. The Hall–Kier alpha value is -2.21. The molecule has 2 aromatic heterocycles. The molecule has 2 heterocycles. The van der Waals surface area contributed by atoms with Gasteiger partial charge in [-0.25, -0.2) is 4.98 Å². The van der Waals surface area contributed by atoms with E-state index in [0.717, 1.165) is 29.0 Å². The second-order valence-corrected chi connectivity index (χ2v) is 7.78. The predicted molar refractivity (Wildman–Crippen MR) is 108 cm³/mol. The number of fused-ring (bicyclic) bond motifs is 1. The van der Waals surface area contributed by atoms with Gasteiger partial charge in [-0.2, -0.15) is 11.8 Å². The first-order valence-electron chi connectivity index (χ1n) is 8.96. The summed E-state index contributed by atoms with van der Waals surface area (Å²) in [6.07, 6.45) is 6.77. The van der Waals surface area contributed by atoms with Gasteiger partial charge in [0, 0.05) is 12.4 Å². The maximum atomic E-state index is 13.1. The maximum Gasteiger partial charge on any atom is 0.243 e. The number of hydrogen-bond acceptors (Lipinski definition) is 3. The van der Waals surface area contributed by atoms with Crippen LogP contribution in [-0.4, -0.2) is 32.5 Å². The van der Waals surface area contributed by atoms with Crippen molar-refractivity contribution in [3.05, 3.63) is 54.6 Å². The number of benzene rings is 1. The molecular formula is C20H26N4OS. The molecule has 1 aromatic carbocycles. The van der Waals surface area contributed by atoms with Gasteiger partial charge >= 0.3 is 0 Å². The van der Waals surface area contributed by atoms with E-state index in [1.54, 1.807) is 11.8 Å². The summed E-state index contributed by atoms with van der Waals surface area (Å²) in [4.78, 5) is 21.1. The van der Waals surface area contributed by atoms with Crippen LogP contribution in [-0.2, 0) is 4.79 Å². The molecule has 5 nitrogen and oxygen atoms in total. The Labute approximate surface area is 158 Å². The summed E-state index contributed by atoms with van der Waals surface area (Å²) in [7, 11) is 0. The Bertz CT molecular complexity index is 808. The average Bonchev–Trinajstić information content (AvgIpc) is 3.29. The van der Waals surface area contributed by atoms with Crippen LogP contribution in [0.25, 0.3) is 11.0 Å². The molecule has 0 saturated carbocycles. The van der Waals surface area contributed by atoms with Crippen LogP contribution in [0.1, 0.15) is 38.2 Å². The molecule has 0 unspecified atom stereocenters. The number of amides is 1. The molecule has 0 aliphatic heterocycles. The first-order valence-corrected chi connectivity index (χ1v) is 10.4. The van der Waals surface area contributed by atoms with Crippen LogP contribution < -0.4 is 5.32 Å². The third-order valence-corrected chi connectivity index (χ3v) is 5.20. The number of nitrogens with one attached hydrogen (secondary N) is 2. The van der Waals surface area contributed by atoms with Crippen LogP contribution in [0.5, 0.6) is 0 Å². The van der Waals surface area contributed by atoms with Gasteiger partial charge in [0.2, 0.25) is 5.91 Å². The summed E-state index contributed by atoms with van der Waals surface area (Å²) in [6.45, 7) is 4.20. The Morgan fingerprint density at radius 3 is 2.62 bits per heavy atom. The van der Waals surface area contributed by atoms with Gasteiger partial charge in [-0.05, 0) is 48.6 Å². The predicted octanol–water partition coefficient (Wildman–Crippen LogP) is 4.17. The number of carbonyl (C=O) groups excluding carboxylic acids is 1. The zero-order chi connectivity index (χ0) is 18.5. The third-order valence-electron chi connectivity index (χ3n) is 4.55. The minimum atomic E-state index is -0.205. The number of para-hydroxylation sites is 2. The van der Waals surface area contributed by atoms with Gasteiger partial charge in [0.15, 0.2) is 0 Å². The molecule has 2 atom stereocenters. The second-order valence-electron chi connectivity index (χ2n) is 6.80. The first kappa shape index (κ1) is 18.6. The highest BCUT2D eigenvalue weighted by Crippen LogP contribution is 2.24. The van der Waals surface area contributed by atoms with E-state index in [9.17, 15) is 4.79 Å². The van der Waals surface area contributed by atoms with Crippen molar-refractivity contribution >= 4 is 28.7 Å². The van der Waals surface area contributed by atoms with Crippen LogP contribution in [0.3, 0.4) is 0 Å². The van der Waals surface area contributed by atoms with Crippen LogP contribution in [0.15, 0.2) is 48.8 Å². The number of H-pyrrole nitrogens is 1. The van der Waals surface area contributed by atoms with E-state index in [1.165, 1.54) is 0 Å². The molecule has 0 fully saturated rings. The lowest BCUT2D eigenvalue weighted by Crippen LogP contribution is -2.38. The van der Waals surface area contributed by atoms with Gasteiger partial charge in [-0.3, -0.25) is 4.79 Å². The number of nitrogens with zero attached hydrogens (tertiary/aromatic N) is 2. The second kappa shape index (κ2) is 8.45. The minimum absolute atomic E-state index is 0.0365. The SMILES string of the molecule is CSCC[C@@H](C(=O)N[C@H](c1nc2ccccc2[nH]1)C(C)C)n1cccc1. The molecular weight excluding hydrogens is 344 g/mol. The number of thioether (sulfide) groups is 1. The van der Waals surface area contributed by atoms with Crippen molar-refractivity contribution in [3.8, 4) is 0 Å². The number of imidazole rings is 1. The monoisotopic (exact) mass is 370 g/mol. The number of aromatic amines is 1. The molecule has 6 heteroatoms. The van der Waals surface area contributed by atoms with Gasteiger partial charge in [0.05, 0.1) is 17.1 Å². The zero-order valence-electron chi connectivity index (χ0n) is 15.5. The van der Waals surface area contributed by atoms with Gasteiger partial charge in [-0.15, -0.1) is 0 Å². The molecule has 0 bridgehead atoms. The summed E-state index contributed by atoms with van der Waals surface area (Å²) in [5, 5.41) is 3.23. The lowest BCUT2D eigenvalue weighted by atomic mass is 10.0. The number of carbonyl (C=O) groups is 1. The van der Waals surface area contributed by atoms with E-state index in [0.29, 0.717) is 0 Å². The molecule has 0 aliphatic carbocycles. The van der Waals surface area contributed by atoms with E-state index in [1.807, 2.05) is 53.4 Å². The van der Waals surface area contributed by atoms with Crippen LogP contribution in [0.4, 0.5) is 0 Å². The number of aromatic nitrogens is 3. The molecule has 0 radical (unpaired) electrons. The maximum absolute atomic E-state index is 13.1. The van der Waals surface area contributed by atoms with E-state index >= 15 is 0 Å². The third kappa shape index (κ3) is 4.12. The van der Waals surface area contributed by atoms with Crippen molar-refractivity contribution in [3.63, 3.8) is 0 Å². The minimum Gasteiger partial charge on any atom is -0.344 e. The molecule has 138 valence electrons. The van der Waals surface area contributed by atoms with Gasteiger partial charge in [0.1, 0.15) is 11.9 Å². The van der Waals surface area contributed by atoms with Crippen molar-refractivity contribution in [1.29, 1.82) is 0 Å². The quantitative estimate of drug-likeness (QED) is 0.625. The van der Waals surface area contributed by atoms with E-state index in [-0.39, 0.29) is 23.9 Å². The van der Waals surface area contributed by atoms with Crippen LogP contribution in [0.2, 0.25) is 0 Å². The fourth-order valence-electron chi connectivity index (χ4n) is 3.12. The standard InChI is InChI=1S/C20H26N4OS/c1-14(2)18(19-21-15-8-4-5-9-16(15)22-19)23-20(25)17(10-13-26-3)24-11-6-7-12-24/h4-9,11-12,14,17-18H,10,13H2,1-3H3,(H,21,22)(H,23,25)/t17-,18-/m0/s1. The van der Waals surface area contributed by atoms with E-state index in [2.05, 4.69) is 30.4 Å². The first-order chi connectivity index (χ1) is 12.6. The Balaban J connectivity index is 1.82. The summed E-state index contributed by atoms with van der Waals surface area (Å²) >= 11 is 1.76. The van der Waals surface area contributed by atoms with Gasteiger partial charge in [0.25, 0.3) is 0 Å². The van der Waals surface area contributed by atoms with Gasteiger partial charge < -0.3 is 14.9 Å². The van der Waals surface area contributed by atoms with Crippen molar-refractivity contribution in [2.24, 2.45) is 5.92 Å². The molecule has 2 N–H and O–H groups in total. The zero-order valence-corrected chi connectivity index (χ0v) is 16.3. The van der Waals surface area contributed by atoms with Crippen molar-refractivity contribution < 1.29 is 4.79 Å². The molecule has 0 aliphatic rings. The lowest BCUT2D eigenvalue weighted by molar-refractivity contribution is -0.125. The molecule has 3 aromatic rings. The van der Waals surface area contributed by atoms with Crippen molar-refractivity contribution in [1.82, 2.24) is 19.9 Å². The average molecular weight is 371 g/mol. The van der Waals surface area contributed by atoms with Crippen LogP contribution >= 0.6 is 11.8 Å². The smallest absolute Gasteiger partial charge is 0.243 e. The summed E-state index contributed by atoms with van der Waals surface area (Å²) in [5.41, 5.74) is 1.92. The summed E-state index contributed by atoms with van der Waals surface area (Å²) in [5.74, 6) is 2.01. The van der Waals surface area contributed by atoms with Gasteiger partial charge in [-0.1, -0.05) is 26.0 Å². The van der Waals surface area contributed by atoms with Crippen LogP contribution in [0, 0.1) is 5.92 Å². The highest BCUT2D eigenvalue weighted by atomic mass is 32.2. The fraction of sp³-hybridized carbons (Fsp3) is 0.400. The largest absolute Gasteiger partial charge is 0.344 e. The Morgan fingerprint density at radius 1 is 1.23 bits per heavy atom. The Morgan fingerprint density at radius 2 is 1.96 bits per heavy atom. The van der Waals surface area contributed by atoms with E-state index in [4.69, 9.17) is 4.98 Å². The molecule has 0 spiro atoms.